The Morgan fingerprint density at radius 3 is 2.55 bits per heavy atom. The quantitative estimate of drug-likeness (QED) is 0.872. The van der Waals surface area contributed by atoms with E-state index >= 15 is 0 Å². The molecule has 0 N–H and O–H groups in total. The molecule has 0 saturated heterocycles. The van der Waals surface area contributed by atoms with E-state index in [2.05, 4.69) is 4.99 Å². The van der Waals surface area contributed by atoms with E-state index in [1.165, 1.54) is 6.26 Å². The van der Waals surface area contributed by atoms with Gasteiger partial charge in [-0.05, 0) is 36.4 Å². The Hall–Kier alpha value is -2.40. The summed E-state index contributed by atoms with van der Waals surface area (Å²) in [6.45, 7) is 0. The fraction of sp³-hybridized carbons (Fsp3) is 0.0714. The van der Waals surface area contributed by atoms with Crippen molar-refractivity contribution in [1.82, 2.24) is 0 Å². The zero-order valence-electron chi connectivity index (χ0n) is 10.2. The van der Waals surface area contributed by atoms with Gasteiger partial charge in [-0.15, -0.1) is 0 Å². The third kappa shape index (κ3) is 2.23. The molecule has 0 atom stereocenters. The van der Waals surface area contributed by atoms with Gasteiger partial charge in [0, 0.05) is 5.02 Å². The summed E-state index contributed by atoms with van der Waals surface area (Å²) in [5.41, 5.74) is 0.613. The Morgan fingerprint density at radius 2 is 1.90 bits per heavy atom. The van der Waals surface area contributed by atoms with Crippen LogP contribution >= 0.6 is 11.6 Å². The van der Waals surface area contributed by atoms with E-state index < -0.39 is 11.9 Å². The van der Waals surface area contributed by atoms with Gasteiger partial charge in [0.15, 0.2) is 0 Å². The van der Waals surface area contributed by atoms with Crippen molar-refractivity contribution in [3.05, 3.63) is 53.4 Å². The Bertz CT molecular complexity index is 690. The van der Waals surface area contributed by atoms with Gasteiger partial charge >= 0.3 is 6.03 Å². The number of furan rings is 1. The monoisotopic (exact) mass is 288 g/mol. The second kappa shape index (κ2) is 4.94. The summed E-state index contributed by atoms with van der Waals surface area (Å²) in [4.78, 5) is 28.9. The Balaban J connectivity index is 1.85. The van der Waals surface area contributed by atoms with Crippen LogP contribution in [0.5, 0.6) is 0 Å². The third-order valence-electron chi connectivity index (χ3n) is 2.88. The summed E-state index contributed by atoms with van der Waals surface area (Å²) < 4.78 is 5.16. The van der Waals surface area contributed by atoms with Crippen LogP contribution in [0.15, 0.2) is 52.1 Å². The minimum atomic E-state index is -0.598. The molecular formula is C14H9ClN2O3. The van der Waals surface area contributed by atoms with E-state index in [4.69, 9.17) is 16.0 Å². The van der Waals surface area contributed by atoms with Gasteiger partial charge in [0.05, 0.1) is 18.4 Å². The van der Waals surface area contributed by atoms with Gasteiger partial charge in [-0.3, -0.25) is 4.79 Å². The number of carbonyl (C=O) groups excluding carboxylic acids is 2. The van der Waals surface area contributed by atoms with E-state index in [0.717, 1.165) is 4.90 Å². The van der Waals surface area contributed by atoms with Crippen molar-refractivity contribution >= 4 is 34.9 Å². The van der Waals surface area contributed by atoms with Crippen molar-refractivity contribution in [3.63, 3.8) is 0 Å². The lowest BCUT2D eigenvalue weighted by molar-refractivity contribution is -0.111. The Labute approximate surface area is 119 Å². The lowest BCUT2D eigenvalue weighted by Crippen LogP contribution is -2.33. The molecule has 1 aliphatic heterocycles. The SMILES string of the molecule is O=C1N=C(Cc2ccco2)C(=O)N1c1ccc(Cl)cc1. The van der Waals surface area contributed by atoms with Crippen LogP contribution in [0.1, 0.15) is 5.76 Å². The maximum absolute atomic E-state index is 12.2. The maximum Gasteiger partial charge on any atom is 0.355 e. The molecule has 3 amide bonds. The van der Waals surface area contributed by atoms with E-state index in [1.54, 1.807) is 36.4 Å². The van der Waals surface area contributed by atoms with Crippen LogP contribution in [0.3, 0.4) is 0 Å². The maximum atomic E-state index is 12.2. The van der Waals surface area contributed by atoms with E-state index in [1.807, 2.05) is 0 Å². The number of hydrogen-bond acceptors (Lipinski definition) is 3. The zero-order valence-corrected chi connectivity index (χ0v) is 11.0. The minimum absolute atomic E-state index is 0.167. The van der Waals surface area contributed by atoms with E-state index in [9.17, 15) is 9.59 Å². The smallest absolute Gasteiger partial charge is 0.355 e. The predicted molar refractivity (Wildman–Crippen MR) is 74.2 cm³/mol. The number of halogens is 1. The highest BCUT2D eigenvalue weighted by Gasteiger charge is 2.34. The first-order valence-corrected chi connectivity index (χ1v) is 6.27. The number of rotatable bonds is 3. The summed E-state index contributed by atoms with van der Waals surface area (Å²) in [6.07, 6.45) is 1.70. The number of aliphatic imine (C=N–C) groups is 1. The van der Waals surface area contributed by atoms with Gasteiger partial charge in [-0.1, -0.05) is 11.6 Å². The fourth-order valence-electron chi connectivity index (χ4n) is 1.94. The largest absolute Gasteiger partial charge is 0.469 e. The molecule has 2 heterocycles. The molecule has 0 radical (unpaired) electrons. The first-order valence-electron chi connectivity index (χ1n) is 5.89. The molecule has 0 bridgehead atoms. The average Bonchev–Trinajstić information content (AvgIpc) is 3.02. The molecule has 0 aliphatic carbocycles. The second-order valence-corrected chi connectivity index (χ2v) is 4.65. The van der Waals surface area contributed by atoms with Crippen molar-refractivity contribution < 1.29 is 14.0 Å². The molecule has 5 nitrogen and oxygen atoms in total. The van der Waals surface area contributed by atoms with E-state index in [-0.39, 0.29) is 12.1 Å². The molecule has 0 fully saturated rings. The number of carbonyl (C=O) groups is 2. The highest BCUT2D eigenvalue weighted by atomic mass is 35.5. The molecule has 1 aromatic carbocycles. The summed E-state index contributed by atoms with van der Waals surface area (Å²) in [5.74, 6) is 0.150. The van der Waals surface area contributed by atoms with Crippen LogP contribution < -0.4 is 4.90 Å². The number of imide groups is 1. The number of benzene rings is 1. The highest BCUT2D eigenvalue weighted by Crippen LogP contribution is 2.23. The van der Waals surface area contributed by atoms with Gasteiger partial charge in [0.2, 0.25) is 0 Å². The number of nitrogens with zero attached hydrogens (tertiary/aromatic N) is 2. The lowest BCUT2D eigenvalue weighted by Gasteiger charge is -2.12. The van der Waals surface area contributed by atoms with Gasteiger partial charge in [-0.25, -0.2) is 9.69 Å². The molecule has 3 rings (SSSR count). The summed E-state index contributed by atoms with van der Waals surface area (Å²) >= 11 is 5.79. The van der Waals surface area contributed by atoms with Crippen LogP contribution in [-0.4, -0.2) is 17.6 Å². The third-order valence-corrected chi connectivity index (χ3v) is 3.13. The van der Waals surface area contributed by atoms with Crippen molar-refractivity contribution in [2.75, 3.05) is 4.90 Å². The van der Waals surface area contributed by atoms with Crippen molar-refractivity contribution in [2.24, 2.45) is 4.99 Å². The summed E-state index contributed by atoms with van der Waals surface area (Å²) in [7, 11) is 0. The normalized spacial score (nSPS) is 14.8. The first-order chi connectivity index (χ1) is 9.65. The van der Waals surface area contributed by atoms with Crippen LogP contribution in [0, 0.1) is 0 Å². The molecule has 1 aliphatic rings. The number of anilines is 1. The topological polar surface area (TPSA) is 62.9 Å². The molecule has 6 heteroatoms. The Morgan fingerprint density at radius 1 is 1.15 bits per heavy atom. The van der Waals surface area contributed by atoms with Crippen LogP contribution in [0.2, 0.25) is 5.02 Å². The van der Waals surface area contributed by atoms with Crippen LogP contribution in [0.4, 0.5) is 10.5 Å². The summed E-state index contributed by atoms with van der Waals surface area (Å²) in [6, 6.07) is 9.27. The van der Waals surface area contributed by atoms with Crippen molar-refractivity contribution in [1.29, 1.82) is 0 Å². The lowest BCUT2D eigenvalue weighted by atomic mass is 10.2. The average molecular weight is 289 g/mol. The molecule has 100 valence electrons. The molecule has 1 aromatic heterocycles. The number of hydrogen-bond donors (Lipinski definition) is 0. The molecular weight excluding hydrogens is 280 g/mol. The van der Waals surface area contributed by atoms with Crippen molar-refractivity contribution in [3.8, 4) is 0 Å². The highest BCUT2D eigenvalue weighted by molar-refractivity contribution is 6.53. The van der Waals surface area contributed by atoms with Gasteiger partial charge < -0.3 is 4.42 Å². The number of amides is 3. The summed E-state index contributed by atoms with van der Waals surface area (Å²) in [5, 5.41) is 0.532. The minimum Gasteiger partial charge on any atom is -0.469 e. The van der Waals surface area contributed by atoms with Gasteiger partial charge in [0.25, 0.3) is 5.91 Å². The first kappa shape index (κ1) is 12.6. The van der Waals surface area contributed by atoms with Gasteiger partial charge in [0.1, 0.15) is 11.5 Å². The Kier molecular flexibility index (Phi) is 3.12. The molecule has 0 saturated carbocycles. The van der Waals surface area contributed by atoms with Crippen LogP contribution in [-0.2, 0) is 11.2 Å². The standard InChI is InChI=1S/C14H9ClN2O3/c15-9-3-5-10(6-4-9)17-13(18)12(16-14(17)19)8-11-2-1-7-20-11/h1-7H,8H2. The fourth-order valence-corrected chi connectivity index (χ4v) is 2.07. The molecule has 2 aromatic rings. The van der Waals surface area contributed by atoms with Gasteiger partial charge in [-0.2, -0.15) is 4.99 Å². The molecule has 0 spiro atoms. The van der Waals surface area contributed by atoms with E-state index in [0.29, 0.717) is 16.5 Å². The second-order valence-electron chi connectivity index (χ2n) is 4.21. The zero-order chi connectivity index (χ0) is 14.1. The number of urea groups is 1. The predicted octanol–water partition coefficient (Wildman–Crippen LogP) is 3.08. The van der Waals surface area contributed by atoms with Crippen LogP contribution in [0.25, 0.3) is 0 Å². The molecule has 0 unspecified atom stereocenters. The molecule has 20 heavy (non-hydrogen) atoms. The van der Waals surface area contributed by atoms with Crippen molar-refractivity contribution in [2.45, 2.75) is 6.42 Å².